The fourth-order valence-electron chi connectivity index (χ4n) is 2.30. The SMILES string of the molecule is CN=C(NCC(C)c1ccsc1)N(C)Cc1csc(C(C)OC)n1. The number of nitrogens with one attached hydrogen (secondary N) is 1. The third-order valence-electron chi connectivity index (χ3n) is 3.92. The molecule has 5 nitrogen and oxygen atoms in total. The minimum absolute atomic E-state index is 0.0398. The number of thiazole rings is 1. The zero-order chi connectivity index (χ0) is 17.5. The van der Waals surface area contributed by atoms with Gasteiger partial charge in [0.15, 0.2) is 5.96 Å². The summed E-state index contributed by atoms with van der Waals surface area (Å²) in [6.45, 7) is 5.82. The normalized spacial score (nSPS) is 14.5. The summed E-state index contributed by atoms with van der Waals surface area (Å²) in [5.41, 5.74) is 2.40. The smallest absolute Gasteiger partial charge is 0.193 e. The molecule has 0 aliphatic rings. The molecule has 2 atom stereocenters. The van der Waals surface area contributed by atoms with Gasteiger partial charge in [-0.1, -0.05) is 6.92 Å². The Balaban J connectivity index is 1.89. The molecule has 0 fully saturated rings. The number of guanidine groups is 1. The van der Waals surface area contributed by atoms with E-state index in [0.29, 0.717) is 5.92 Å². The molecule has 0 amide bonds. The second-order valence-corrected chi connectivity index (χ2v) is 7.47. The summed E-state index contributed by atoms with van der Waals surface area (Å²) in [5.74, 6) is 1.33. The zero-order valence-corrected chi connectivity index (χ0v) is 16.6. The molecule has 2 unspecified atom stereocenters. The molecule has 0 aliphatic carbocycles. The van der Waals surface area contributed by atoms with Crippen molar-refractivity contribution in [2.75, 3.05) is 27.7 Å². The minimum Gasteiger partial charge on any atom is -0.375 e. The van der Waals surface area contributed by atoms with Gasteiger partial charge < -0.3 is 15.0 Å². The number of thiophene rings is 1. The number of ether oxygens (including phenoxy) is 1. The van der Waals surface area contributed by atoms with Gasteiger partial charge in [-0.05, 0) is 35.2 Å². The standard InChI is InChI=1S/C17H26N4OS2/c1-12(14-6-7-23-10-14)8-19-17(18-3)21(4)9-15-11-24-16(20-15)13(2)22-5/h6-7,10-13H,8-9H2,1-5H3,(H,18,19). The quantitative estimate of drug-likeness (QED) is 0.599. The Kier molecular flexibility index (Phi) is 7.20. The van der Waals surface area contributed by atoms with Gasteiger partial charge in [0.05, 0.1) is 12.2 Å². The first-order valence-corrected chi connectivity index (χ1v) is 9.78. The maximum absolute atomic E-state index is 5.32. The topological polar surface area (TPSA) is 49.8 Å². The number of methoxy groups -OCH3 is 1. The van der Waals surface area contributed by atoms with Crippen molar-refractivity contribution in [1.82, 2.24) is 15.2 Å². The van der Waals surface area contributed by atoms with Crippen molar-refractivity contribution in [1.29, 1.82) is 0 Å². The highest BCUT2D eigenvalue weighted by atomic mass is 32.1. The van der Waals surface area contributed by atoms with Gasteiger partial charge in [-0.15, -0.1) is 11.3 Å². The molecule has 132 valence electrons. The highest BCUT2D eigenvalue weighted by Crippen LogP contribution is 2.21. The highest BCUT2D eigenvalue weighted by Gasteiger charge is 2.13. The van der Waals surface area contributed by atoms with Gasteiger partial charge in [-0.25, -0.2) is 4.98 Å². The van der Waals surface area contributed by atoms with Crippen LogP contribution in [0.2, 0.25) is 0 Å². The molecule has 2 aromatic rings. The van der Waals surface area contributed by atoms with E-state index in [4.69, 9.17) is 4.74 Å². The van der Waals surface area contributed by atoms with E-state index in [2.05, 4.69) is 49.3 Å². The predicted molar refractivity (Wildman–Crippen MR) is 103 cm³/mol. The lowest BCUT2D eigenvalue weighted by Gasteiger charge is -2.22. The number of hydrogen-bond acceptors (Lipinski definition) is 5. The van der Waals surface area contributed by atoms with Crippen LogP contribution in [0.3, 0.4) is 0 Å². The van der Waals surface area contributed by atoms with Crippen molar-refractivity contribution in [2.24, 2.45) is 4.99 Å². The summed E-state index contributed by atoms with van der Waals surface area (Å²) < 4.78 is 5.32. The zero-order valence-electron chi connectivity index (χ0n) is 14.9. The first kappa shape index (κ1) is 18.9. The van der Waals surface area contributed by atoms with E-state index in [1.165, 1.54) is 5.56 Å². The van der Waals surface area contributed by atoms with E-state index in [1.54, 1.807) is 29.8 Å². The van der Waals surface area contributed by atoms with E-state index >= 15 is 0 Å². The molecule has 0 aromatic carbocycles. The Labute approximate surface area is 152 Å². The highest BCUT2D eigenvalue weighted by molar-refractivity contribution is 7.09. The first-order valence-electron chi connectivity index (χ1n) is 7.96. The van der Waals surface area contributed by atoms with Crippen molar-refractivity contribution < 1.29 is 4.74 Å². The van der Waals surface area contributed by atoms with Crippen molar-refractivity contribution in [3.8, 4) is 0 Å². The maximum atomic E-state index is 5.32. The summed E-state index contributed by atoms with van der Waals surface area (Å²) in [4.78, 5) is 11.1. The molecule has 2 rings (SSSR count). The van der Waals surface area contributed by atoms with Crippen LogP contribution in [0.25, 0.3) is 0 Å². The largest absolute Gasteiger partial charge is 0.375 e. The fraction of sp³-hybridized carbons (Fsp3) is 0.529. The third-order valence-corrected chi connectivity index (χ3v) is 5.68. The van der Waals surface area contributed by atoms with Crippen LogP contribution in [-0.2, 0) is 11.3 Å². The number of rotatable bonds is 7. The lowest BCUT2D eigenvalue weighted by Crippen LogP contribution is -2.40. The molecule has 0 aliphatic heterocycles. The van der Waals surface area contributed by atoms with Crippen molar-refractivity contribution in [3.63, 3.8) is 0 Å². The van der Waals surface area contributed by atoms with Gasteiger partial charge in [0, 0.05) is 33.1 Å². The average Bonchev–Trinajstić information content (AvgIpc) is 3.26. The number of nitrogens with zero attached hydrogens (tertiary/aromatic N) is 3. The van der Waals surface area contributed by atoms with Gasteiger partial charge in [-0.2, -0.15) is 11.3 Å². The van der Waals surface area contributed by atoms with Crippen LogP contribution in [0.4, 0.5) is 0 Å². The molecule has 0 radical (unpaired) electrons. The van der Waals surface area contributed by atoms with E-state index < -0.39 is 0 Å². The monoisotopic (exact) mass is 366 g/mol. The van der Waals surface area contributed by atoms with E-state index in [1.807, 2.05) is 21.0 Å². The lowest BCUT2D eigenvalue weighted by molar-refractivity contribution is 0.119. The molecule has 1 N–H and O–H groups in total. The Morgan fingerprint density at radius 2 is 2.21 bits per heavy atom. The molecule has 7 heteroatoms. The van der Waals surface area contributed by atoms with Gasteiger partial charge in [0.1, 0.15) is 11.1 Å². The number of hydrogen-bond donors (Lipinski definition) is 1. The van der Waals surface area contributed by atoms with Gasteiger partial charge >= 0.3 is 0 Å². The fourth-order valence-corrected chi connectivity index (χ4v) is 3.93. The van der Waals surface area contributed by atoms with Crippen LogP contribution in [0, 0.1) is 0 Å². The Morgan fingerprint density at radius 1 is 1.42 bits per heavy atom. The molecule has 2 heterocycles. The van der Waals surface area contributed by atoms with E-state index in [-0.39, 0.29) is 6.10 Å². The van der Waals surface area contributed by atoms with Crippen LogP contribution in [0.15, 0.2) is 27.2 Å². The first-order chi connectivity index (χ1) is 11.5. The predicted octanol–water partition coefficient (Wildman–Crippen LogP) is 3.72. The van der Waals surface area contributed by atoms with Gasteiger partial charge in [-0.3, -0.25) is 4.99 Å². The Morgan fingerprint density at radius 3 is 2.83 bits per heavy atom. The van der Waals surface area contributed by atoms with Crippen LogP contribution < -0.4 is 5.32 Å². The van der Waals surface area contributed by atoms with Crippen LogP contribution in [-0.4, -0.2) is 43.6 Å². The van der Waals surface area contributed by atoms with E-state index in [0.717, 1.165) is 29.8 Å². The molecule has 0 saturated heterocycles. The summed E-state index contributed by atoms with van der Waals surface area (Å²) in [5, 5.41) is 10.9. The Hall–Kier alpha value is -1.44. The summed E-state index contributed by atoms with van der Waals surface area (Å²) in [7, 11) is 5.55. The van der Waals surface area contributed by atoms with Gasteiger partial charge in [0.25, 0.3) is 0 Å². The van der Waals surface area contributed by atoms with Crippen LogP contribution in [0.1, 0.15) is 42.1 Å². The summed E-state index contributed by atoms with van der Waals surface area (Å²) >= 11 is 3.37. The Bertz CT molecular complexity index is 639. The molecule has 2 aromatic heterocycles. The molecule has 24 heavy (non-hydrogen) atoms. The average molecular weight is 367 g/mol. The summed E-state index contributed by atoms with van der Waals surface area (Å²) in [6, 6.07) is 2.18. The van der Waals surface area contributed by atoms with Crippen molar-refractivity contribution >= 4 is 28.6 Å². The number of aliphatic imine (C=N–C) groups is 1. The molecule has 0 saturated carbocycles. The second-order valence-electron chi connectivity index (χ2n) is 5.80. The van der Waals surface area contributed by atoms with Crippen molar-refractivity contribution in [2.45, 2.75) is 32.4 Å². The summed E-state index contributed by atoms with van der Waals surface area (Å²) in [6.07, 6.45) is 0.0398. The molecular weight excluding hydrogens is 340 g/mol. The second kappa shape index (κ2) is 9.15. The molecule has 0 spiro atoms. The third kappa shape index (κ3) is 5.03. The van der Waals surface area contributed by atoms with Crippen molar-refractivity contribution in [3.05, 3.63) is 38.5 Å². The lowest BCUT2D eigenvalue weighted by atomic mass is 10.1. The van der Waals surface area contributed by atoms with E-state index in [9.17, 15) is 0 Å². The molecule has 0 bridgehead atoms. The number of aromatic nitrogens is 1. The van der Waals surface area contributed by atoms with Crippen LogP contribution >= 0.6 is 22.7 Å². The van der Waals surface area contributed by atoms with Crippen LogP contribution in [0.5, 0.6) is 0 Å². The van der Waals surface area contributed by atoms with Gasteiger partial charge in [0.2, 0.25) is 0 Å². The maximum Gasteiger partial charge on any atom is 0.193 e. The minimum atomic E-state index is 0.0398. The molecular formula is C17H26N4OS2.